The Morgan fingerprint density at radius 3 is 2.63 bits per heavy atom. The fourth-order valence-corrected chi connectivity index (χ4v) is 5.31. The standard InChI is InChI=1S/C25H23Cl2FN4O3/c1-3-22(33)32-10-13-6-15(7-14(13)11-32)35-21-8-16-19(9-20(21)34-2)29-12-30-25(16)31-18-5-4-17(26)23(27)24(18)28/h3-5,8-9,12-15H,1,6-7,10-11H2,2H3,(H,29,30,31)/t13-,14+,15?. The Labute approximate surface area is 211 Å². The van der Waals surface area contributed by atoms with E-state index in [-0.39, 0.29) is 27.7 Å². The van der Waals surface area contributed by atoms with E-state index < -0.39 is 5.82 Å². The second-order valence-electron chi connectivity index (χ2n) is 8.77. The molecule has 182 valence electrons. The van der Waals surface area contributed by atoms with E-state index in [4.69, 9.17) is 32.7 Å². The highest BCUT2D eigenvalue weighted by molar-refractivity contribution is 6.42. The first-order valence-electron chi connectivity index (χ1n) is 11.2. The van der Waals surface area contributed by atoms with Crippen LogP contribution >= 0.6 is 23.2 Å². The van der Waals surface area contributed by atoms with Crippen molar-refractivity contribution in [3.63, 3.8) is 0 Å². The third kappa shape index (κ3) is 4.48. The molecule has 3 aromatic rings. The fraction of sp³-hybridized carbons (Fsp3) is 0.320. The number of carbonyl (C=O) groups is 1. The lowest BCUT2D eigenvalue weighted by atomic mass is 10.0. The van der Waals surface area contributed by atoms with Crippen LogP contribution in [-0.2, 0) is 4.79 Å². The normalized spacial score (nSPS) is 21.1. The van der Waals surface area contributed by atoms with Gasteiger partial charge in [0.25, 0.3) is 0 Å². The molecule has 1 saturated carbocycles. The number of hydrogen-bond donors (Lipinski definition) is 1. The lowest BCUT2D eigenvalue weighted by molar-refractivity contribution is -0.125. The van der Waals surface area contributed by atoms with E-state index in [1.165, 1.54) is 24.5 Å². The van der Waals surface area contributed by atoms with Crippen molar-refractivity contribution in [1.29, 1.82) is 0 Å². The Kier molecular flexibility index (Phi) is 6.42. The summed E-state index contributed by atoms with van der Waals surface area (Å²) >= 11 is 11.9. The van der Waals surface area contributed by atoms with Crippen molar-refractivity contribution in [2.24, 2.45) is 11.8 Å². The number of halogens is 3. The van der Waals surface area contributed by atoms with E-state index >= 15 is 0 Å². The SMILES string of the molecule is C=CC(=O)N1C[C@H]2CC(Oc3cc4c(Nc5ccc(Cl)c(Cl)c5F)ncnc4cc3OC)C[C@H]2C1. The number of anilines is 2. The summed E-state index contributed by atoms with van der Waals surface area (Å²) in [5.41, 5.74) is 0.744. The van der Waals surface area contributed by atoms with Gasteiger partial charge in [0.1, 0.15) is 12.1 Å². The maximum atomic E-state index is 14.6. The minimum absolute atomic E-state index is 0.00844. The number of amides is 1. The van der Waals surface area contributed by atoms with Crippen LogP contribution in [-0.4, -0.2) is 47.1 Å². The molecule has 1 aliphatic heterocycles. The van der Waals surface area contributed by atoms with Crippen LogP contribution in [0.2, 0.25) is 10.0 Å². The fourth-order valence-electron chi connectivity index (χ4n) is 4.99. The number of nitrogens with zero attached hydrogens (tertiary/aromatic N) is 3. The average molecular weight is 517 g/mol. The van der Waals surface area contributed by atoms with Gasteiger partial charge in [-0.15, -0.1) is 0 Å². The van der Waals surface area contributed by atoms with Crippen LogP contribution in [0.25, 0.3) is 10.9 Å². The van der Waals surface area contributed by atoms with Gasteiger partial charge >= 0.3 is 0 Å². The van der Waals surface area contributed by atoms with Crippen molar-refractivity contribution in [2.45, 2.75) is 18.9 Å². The Hall–Kier alpha value is -3.10. The summed E-state index contributed by atoms with van der Waals surface area (Å²) in [5, 5.41) is 3.58. The number of benzene rings is 2. The molecule has 1 aliphatic carbocycles. The monoisotopic (exact) mass is 516 g/mol. The van der Waals surface area contributed by atoms with E-state index in [0.29, 0.717) is 40.1 Å². The summed E-state index contributed by atoms with van der Waals surface area (Å²) < 4.78 is 26.6. The smallest absolute Gasteiger partial charge is 0.245 e. The molecule has 2 aliphatic rings. The highest BCUT2D eigenvalue weighted by atomic mass is 35.5. The molecule has 1 N–H and O–H groups in total. The van der Waals surface area contributed by atoms with Gasteiger partial charge in [0.05, 0.1) is 34.5 Å². The van der Waals surface area contributed by atoms with Crippen LogP contribution in [0, 0.1) is 17.7 Å². The number of rotatable bonds is 6. The van der Waals surface area contributed by atoms with Crippen molar-refractivity contribution in [1.82, 2.24) is 14.9 Å². The van der Waals surface area contributed by atoms with E-state index in [1.54, 1.807) is 19.2 Å². The van der Waals surface area contributed by atoms with Gasteiger partial charge in [-0.25, -0.2) is 14.4 Å². The molecule has 0 radical (unpaired) electrons. The molecule has 2 heterocycles. The highest BCUT2D eigenvalue weighted by Gasteiger charge is 2.43. The van der Waals surface area contributed by atoms with Crippen molar-refractivity contribution in [3.05, 3.63) is 59.1 Å². The first kappa shape index (κ1) is 23.6. The second-order valence-corrected chi connectivity index (χ2v) is 9.55. The Morgan fingerprint density at radius 2 is 1.94 bits per heavy atom. The molecule has 10 heteroatoms. The zero-order valence-corrected chi connectivity index (χ0v) is 20.4. The van der Waals surface area contributed by atoms with Crippen LogP contribution in [0.3, 0.4) is 0 Å². The maximum Gasteiger partial charge on any atom is 0.245 e. The topological polar surface area (TPSA) is 76.6 Å². The van der Waals surface area contributed by atoms with Crippen molar-refractivity contribution >= 4 is 51.5 Å². The van der Waals surface area contributed by atoms with E-state index in [2.05, 4.69) is 21.9 Å². The minimum Gasteiger partial charge on any atom is -0.493 e. The quantitative estimate of drug-likeness (QED) is 0.338. The largest absolute Gasteiger partial charge is 0.493 e. The van der Waals surface area contributed by atoms with Crippen molar-refractivity contribution in [3.8, 4) is 11.5 Å². The van der Waals surface area contributed by atoms with Crippen molar-refractivity contribution < 1.29 is 18.7 Å². The predicted molar refractivity (Wildman–Crippen MR) is 133 cm³/mol. The van der Waals surface area contributed by atoms with Gasteiger partial charge in [0.2, 0.25) is 5.91 Å². The number of aromatic nitrogens is 2. The van der Waals surface area contributed by atoms with Gasteiger partial charge < -0.3 is 19.7 Å². The lowest BCUT2D eigenvalue weighted by Crippen LogP contribution is -2.29. The van der Waals surface area contributed by atoms with Crippen LogP contribution in [0.4, 0.5) is 15.9 Å². The first-order chi connectivity index (χ1) is 16.9. The number of methoxy groups -OCH3 is 1. The van der Waals surface area contributed by atoms with Crippen LogP contribution < -0.4 is 14.8 Å². The number of likely N-dealkylation sites (tertiary alicyclic amines) is 1. The van der Waals surface area contributed by atoms with Crippen LogP contribution in [0.1, 0.15) is 12.8 Å². The summed E-state index contributed by atoms with van der Waals surface area (Å²) in [4.78, 5) is 22.4. The van der Waals surface area contributed by atoms with Gasteiger partial charge in [0, 0.05) is 24.5 Å². The number of nitrogens with one attached hydrogen (secondary N) is 1. The van der Waals surface area contributed by atoms with Crippen LogP contribution in [0.5, 0.6) is 11.5 Å². The van der Waals surface area contributed by atoms with Gasteiger partial charge in [-0.2, -0.15) is 0 Å². The van der Waals surface area contributed by atoms with E-state index in [1.807, 2.05) is 4.90 Å². The molecule has 35 heavy (non-hydrogen) atoms. The highest BCUT2D eigenvalue weighted by Crippen LogP contribution is 2.42. The van der Waals surface area contributed by atoms with Crippen LogP contribution in [0.15, 0.2) is 43.2 Å². The van der Waals surface area contributed by atoms with Gasteiger partial charge in [-0.3, -0.25) is 4.79 Å². The lowest BCUT2D eigenvalue weighted by Gasteiger charge is -2.20. The number of carbonyl (C=O) groups excluding carboxylic acids is 1. The molecule has 7 nitrogen and oxygen atoms in total. The molecule has 0 spiro atoms. The first-order valence-corrected chi connectivity index (χ1v) is 11.9. The van der Waals surface area contributed by atoms with Gasteiger partial charge in [-0.1, -0.05) is 29.8 Å². The molecule has 2 aromatic carbocycles. The predicted octanol–water partition coefficient (Wildman–Crippen LogP) is 5.63. The summed E-state index contributed by atoms with van der Waals surface area (Å²) in [6, 6.07) is 6.57. The molecule has 3 atom stereocenters. The second kappa shape index (κ2) is 9.51. The summed E-state index contributed by atoms with van der Waals surface area (Å²) in [6.07, 6.45) is 4.43. The Morgan fingerprint density at radius 1 is 1.20 bits per heavy atom. The average Bonchev–Trinajstić information content (AvgIpc) is 3.42. The summed E-state index contributed by atoms with van der Waals surface area (Å²) in [7, 11) is 1.57. The summed E-state index contributed by atoms with van der Waals surface area (Å²) in [5.74, 6) is 1.59. The molecule has 1 unspecified atom stereocenters. The molecule has 0 bridgehead atoms. The molecule has 2 fully saturated rings. The summed E-state index contributed by atoms with van der Waals surface area (Å²) in [6.45, 7) is 5.03. The molecular weight excluding hydrogens is 494 g/mol. The van der Waals surface area contributed by atoms with Gasteiger partial charge in [0.15, 0.2) is 17.3 Å². The zero-order chi connectivity index (χ0) is 24.7. The van der Waals surface area contributed by atoms with E-state index in [0.717, 1.165) is 25.9 Å². The van der Waals surface area contributed by atoms with Gasteiger partial charge in [-0.05, 0) is 49.0 Å². The molecule has 1 saturated heterocycles. The number of ether oxygens (including phenoxy) is 2. The van der Waals surface area contributed by atoms with Crippen molar-refractivity contribution in [2.75, 3.05) is 25.5 Å². The third-order valence-corrected chi connectivity index (χ3v) is 7.48. The number of fused-ring (bicyclic) bond motifs is 2. The zero-order valence-electron chi connectivity index (χ0n) is 18.9. The molecule has 1 aromatic heterocycles. The number of hydrogen-bond acceptors (Lipinski definition) is 6. The Balaban J connectivity index is 1.40. The van der Waals surface area contributed by atoms with E-state index in [9.17, 15) is 9.18 Å². The Bertz CT molecular complexity index is 1310. The third-order valence-electron chi connectivity index (χ3n) is 6.70. The molecule has 5 rings (SSSR count). The minimum atomic E-state index is -0.669. The molecule has 1 amide bonds. The maximum absolute atomic E-state index is 14.6. The molecular formula is C25H23Cl2FN4O3.